The molecule has 4 rings (SSSR count). The number of hydrogen-bond donors (Lipinski definition) is 0. The minimum Gasteiger partial charge on any atom is -0.462 e. The SMILES string of the molecule is CCOC(=O)c1ccc(S(=O)(=O)N2CCC(n3cnc4c(C)cccc4c3=O)CC2)cc1. The Hall–Kier alpha value is -3.04. The molecule has 32 heavy (non-hydrogen) atoms. The molecule has 8 nitrogen and oxygen atoms in total. The minimum atomic E-state index is -3.69. The van der Waals surface area contributed by atoms with Crippen molar-refractivity contribution in [2.45, 2.75) is 37.6 Å². The summed E-state index contributed by atoms with van der Waals surface area (Å²) in [6.45, 7) is 4.48. The molecular weight excluding hydrogens is 430 g/mol. The molecule has 0 amide bonds. The van der Waals surface area contributed by atoms with Crippen LogP contribution in [0.25, 0.3) is 10.9 Å². The van der Waals surface area contributed by atoms with E-state index < -0.39 is 16.0 Å². The second-order valence-corrected chi connectivity index (χ2v) is 9.75. The van der Waals surface area contributed by atoms with Gasteiger partial charge in [-0.15, -0.1) is 0 Å². The topological polar surface area (TPSA) is 98.6 Å². The first-order valence-electron chi connectivity index (χ1n) is 10.6. The quantitative estimate of drug-likeness (QED) is 0.549. The predicted octanol–water partition coefficient (Wildman–Crippen LogP) is 2.91. The van der Waals surface area contributed by atoms with E-state index in [1.165, 1.54) is 28.6 Å². The number of carbonyl (C=O) groups is 1. The van der Waals surface area contributed by atoms with Gasteiger partial charge in [0.05, 0.1) is 34.3 Å². The van der Waals surface area contributed by atoms with E-state index in [-0.39, 0.29) is 23.1 Å². The van der Waals surface area contributed by atoms with E-state index in [9.17, 15) is 18.0 Å². The number of aryl methyl sites for hydroxylation is 1. The summed E-state index contributed by atoms with van der Waals surface area (Å²) in [4.78, 5) is 29.3. The number of para-hydroxylation sites is 1. The number of piperidine rings is 1. The molecule has 0 unspecified atom stereocenters. The molecule has 0 atom stereocenters. The van der Waals surface area contributed by atoms with Crippen molar-refractivity contribution in [1.29, 1.82) is 0 Å². The van der Waals surface area contributed by atoms with Gasteiger partial charge in [-0.1, -0.05) is 12.1 Å². The van der Waals surface area contributed by atoms with Crippen LogP contribution < -0.4 is 5.56 Å². The fraction of sp³-hybridized carbons (Fsp3) is 0.348. The Labute approximate surface area is 186 Å². The Morgan fingerprint density at radius 3 is 2.47 bits per heavy atom. The molecule has 1 aliphatic heterocycles. The van der Waals surface area contributed by atoms with Crippen LogP contribution in [0.3, 0.4) is 0 Å². The van der Waals surface area contributed by atoms with Crippen LogP contribution >= 0.6 is 0 Å². The molecule has 2 aromatic carbocycles. The molecule has 1 aliphatic rings. The number of aromatic nitrogens is 2. The number of esters is 1. The summed E-state index contributed by atoms with van der Waals surface area (Å²) in [5.74, 6) is -0.484. The van der Waals surface area contributed by atoms with E-state index in [0.717, 1.165) is 5.56 Å². The molecule has 168 valence electrons. The predicted molar refractivity (Wildman–Crippen MR) is 120 cm³/mol. The molecule has 0 bridgehead atoms. The van der Waals surface area contributed by atoms with Gasteiger partial charge in [-0.2, -0.15) is 4.31 Å². The lowest BCUT2D eigenvalue weighted by molar-refractivity contribution is 0.0526. The molecule has 1 fully saturated rings. The Balaban J connectivity index is 1.50. The molecule has 9 heteroatoms. The van der Waals surface area contributed by atoms with E-state index in [4.69, 9.17) is 4.74 Å². The summed E-state index contributed by atoms with van der Waals surface area (Å²) >= 11 is 0. The number of fused-ring (bicyclic) bond motifs is 1. The first-order valence-corrected chi connectivity index (χ1v) is 12.0. The van der Waals surface area contributed by atoms with Crippen molar-refractivity contribution in [2.75, 3.05) is 19.7 Å². The van der Waals surface area contributed by atoms with Crippen molar-refractivity contribution in [2.24, 2.45) is 0 Å². The fourth-order valence-electron chi connectivity index (χ4n) is 4.06. The van der Waals surface area contributed by atoms with Crippen molar-refractivity contribution in [3.05, 3.63) is 70.3 Å². The maximum absolute atomic E-state index is 13.0. The van der Waals surface area contributed by atoms with Crippen molar-refractivity contribution >= 4 is 26.9 Å². The molecular formula is C23H25N3O5S. The lowest BCUT2D eigenvalue weighted by Crippen LogP contribution is -2.40. The summed E-state index contributed by atoms with van der Waals surface area (Å²) in [6, 6.07) is 11.2. The fourth-order valence-corrected chi connectivity index (χ4v) is 5.53. The van der Waals surface area contributed by atoms with Crippen molar-refractivity contribution in [1.82, 2.24) is 13.9 Å². The number of benzene rings is 2. The molecule has 0 spiro atoms. The van der Waals surface area contributed by atoms with Crippen LogP contribution in [-0.2, 0) is 14.8 Å². The number of nitrogens with zero attached hydrogens (tertiary/aromatic N) is 3. The average Bonchev–Trinajstić information content (AvgIpc) is 2.80. The van der Waals surface area contributed by atoms with Gasteiger partial charge >= 0.3 is 5.97 Å². The maximum Gasteiger partial charge on any atom is 0.338 e. The van der Waals surface area contributed by atoms with Gasteiger partial charge in [0.2, 0.25) is 10.0 Å². The van der Waals surface area contributed by atoms with Crippen molar-refractivity contribution in [3.63, 3.8) is 0 Å². The van der Waals surface area contributed by atoms with E-state index >= 15 is 0 Å². The standard InChI is InChI=1S/C23H25N3O5S/c1-3-31-23(28)17-7-9-19(10-8-17)32(29,30)25-13-11-18(12-14-25)26-15-24-21-16(2)5-4-6-20(21)22(26)27/h4-10,15,18H,3,11-14H2,1-2H3. The van der Waals surface area contributed by atoms with E-state index in [1.807, 2.05) is 19.1 Å². The van der Waals surface area contributed by atoms with E-state index in [0.29, 0.717) is 42.4 Å². The van der Waals surface area contributed by atoms with Crippen molar-refractivity contribution in [3.8, 4) is 0 Å². The summed E-state index contributed by atoms with van der Waals surface area (Å²) in [5.41, 5.74) is 1.85. The van der Waals surface area contributed by atoms with Gasteiger partial charge in [-0.3, -0.25) is 9.36 Å². The highest BCUT2D eigenvalue weighted by molar-refractivity contribution is 7.89. The molecule has 0 N–H and O–H groups in total. The highest BCUT2D eigenvalue weighted by Crippen LogP contribution is 2.27. The molecule has 1 aromatic heterocycles. The van der Waals surface area contributed by atoms with E-state index in [1.54, 1.807) is 23.9 Å². The molecule has 3 aromatic rings. The Morgan fingerprint density at radius 1 is 1.12 bits per heavy atom. The van der Waals surface area contributed by atoms with Crippen LogP contribution in [0.2, 0.25) is 0 Å². The Bertz CT molecular complexity index is 1310. The Kier molecular flexibility index (Phi) is 6.12. The second kappa shape index (κ2) is 8.84. The van der Waals surface area contributed by atoms with Crippen LogP contribution in [0.4, 0.5) is 0 Å². The number of rotatable bonds is 5. The van der Waals surface area contributed by atoms with Gasteiger partial charge in [-0.05, 0) is 62.6 Å². The lowest BCUT2D eigenvalue weighted by Gasteiger charge is -2.32. The first kappa shape index (κ1) is 22.2. The molecule has 2 heterocycles. The molecule has 0 radical (unpaired) electrons. The summed E-state index contributed by atoms with van der Waals surface area (Å²) < 4.78 is 34.1. The van der Waals surface area contributed by atoms with Crippen molar-refractivity contribution < 1.29 is 17.9 Å². The number of hydrogen-bond acceptors (Lipinski definition) is 6. The van der Waals surface area contributed by atoms with Gasteiger partial charge in [0.25, 0.3) is 5.56 Å². The third-order valence-electron chi connectivity index (χ3n) is 5.83. The van der Waals surface area contributed by atoms with Gasteiger partial charge in [0.15, 0.2) is 0 Å². The van der Waals surface area contributed by atoms with Crippen LogP contribution in [0.15, 0.2) is 58.5 Å². The largest absolute Gasteiger partial charge is 0.462 e. The van der Waals surface area contributed by atoms with Gasteiger partial charge < -0.3 is 4.74 Å². The maximum atomic E-state index is 13.0. The van der Waals surface area contributed by atoms with E-state index in [2.05, 4.69) is 4.98 Å². The average molecular weight is 456 g/mol. The zero-order valence-corrected chi connectivity index (χ0v) is 18.8. The van der Waals surface area contributed by atoms with Gasteiger partial charge in [-0.25, -0.2) is 18.2 Å². The minimum absolute atomic E-state index is 0.102. The molecule has 0 saturated carbocycles. The summed E-state index contributed by atoms with van der Waals surface area (Å²) in [5, 5.41) is 0.573. The third-order valence-corrected chi connectivity index (χ3v) is 7.75. The lowest BCUT2D eigenvalue weighted by atomic mass is 10.1. The van der Waals surface area contributed by atoms with Crippen LogP contribution in [0.1, 0.15) is 41.7 Å². The van der Waals surface area contributed by atoms with Gasteiger partial charge in [0.1, 0.15) is 0 Å². The van der Waals surface area contributed by atoms with Crippen LogP contribution in [0.5, 0.6) is 0 Å². The monoisotopic (exact) mass is 455 g/mol. The Morgan fingerprint density at radius 2 is 1.81 bits per heavy atom. The second-order valence-electron chi connectivity index (χ2n) is 7.81. The summed E-state index contributed by atoms with van der Waals surface area (Å²) in [7, 11) is -3.69. The number of sulfonamides is 1. The number of ether oxygens (including phenoxy) is 1. The normalized spacial score (nSPS) is 15.7. The first-order chi connectivity index (χ1) is 15.3. The zero-order chi connectivity index (χ0) is 22.9. The van der Waals surface area contributed by atoms with Gasteiger partial charge in [0, 0.05) is 19.1 Å². The highest BCUT2D eigenvalue weighted by atomic mass is 32.2. The summed E-state index contributed by atoms with van der Waals surface area (Å²) in [6.07, 6.45) is 2.60. The third kappa shape index (κ3) is 4.05. The zero-order valence-electron chi connectivity index (χ0n) is 18.0. The van der Waals surface area contributed by atoms with Crippen LogP contribution in [0, 0.1) is 6.92 Å². The number of carbonyl (C=O) groups excluding carboxylic acids is 1. The molecule has 1 saturated heterocycles. The highest BCUT2D eigenvalue weighted by Gasteiger charge is 2.30. The molecule has 0 aliphatic carbocycles. The smallest absolute Gasteiger partial charge is 0.338 e. The van der Waals surface area contributed by atoms with Crippen LogP contribution in [-0.4, -0.2) is 47.9 Å².